The largest absolute Gasteiger partial charge is 0.379 e. The van der Waals surface area contributed by atoms with E-state index < -0.39 is 0 Å². The van der Waals surface area contributed by atoms with Crippen molar-refractivity contribution in [2.75, 3.05) is 39.5 Å². The van der Waals surface area contributed by atoms with Crippen LogP contribution in [0.1, 0.15) is 37.3 Å². The van der Waals surface area contributed by atoms with E-state index in [4.69, 9.17) is 14.5 Å². The quantitative estimate of drug-likeness (QED) is 0.480. The summed E-state index contributed by atoms with van der Waals surface area (Å²) in [4.78, 5) is 12.0. The minimum atomic E-state index is 0.514. The van der Waals surface area contributed by atoms with Crippen molar-refractivity contribution in [1.29, 1.82) is 0 Å². The van der Waals surface area contributed by atoms with Crippen molar-refractivity contribution in [1.82, 2.24) is 24.0 Å². The molecule has 30 heavy (non-hydrogen) atoms. The molecule has 0 unspecified atom stereocenters. The number of imidazole rings is 2. The highest BCUT2D eigenvalue weighted by molar-refractivity contribution is 5.75. The zero-order chi connectivity index (χ0) is 20.8. The number of likely N-dealkylation sites (tertiary alicyclic amines) is 1. The van der Waals surface area contributed by atoms with Gasteiger partial charge >= 0.3 is 0 Å². The van der Waals surface area contributed by atoms with Crippen LogP contribution in [0, 0.1) is 0 Å². The molecule has 1 saturated heterocycles. The van der Waals surface area contributed by atoms with Crippen LogP contribution in [-0.2, 0) is 29.6 Å². The van der Waals surface area contributed by atoms with E-state index in [-0.39, 0.29) is 0 Å². The molecule has 0 N–H and O–H groups in total. The maximum atomic E-state index is 5.68. The Balaban J connectivity index is 1.27. The second kappa shape index (κ2) is 10.2. The molecule has 0 atom stereocenters. The van der Waals surface area contributed by atoms with E-state index in [0.717, 1.165) is 57.0 Å². The van der Waals surface area contributed by atoms with Crippen molar-refractivity contribution < 1.29 is 9.47 Å². The van der Waals surface area contributed by atoms with Crippen LogP contribution in [0.2, 0.25) is 0 Å². The third-order valence-electron chi connectivity index (χ3n) is 6.00. The summed E-state index contributed by atoms with van der Waals surface area (Å²) >= 11 is 0. The van der Waals surface area contributed by atoms with Crippen molar-refractivity contribution in [3.63, 3.8) is 0 Å². The number of piperidine rings is 1. The fourth-order valence-electron chi connectivity index (χ4n) is 4.28. The van der Waals surface area contributed by atoms with Crippen LogP contribution < -0.4 is 0 Å². The van der Waals surface area contributed by atoms with Crippen molar-refractivity contribution in [2.24, 2.45) is 7.05 Å². The summed E-state index contributed by atoms with van der Waals surface area (Å²) in [5.74, 6) is 2.85. The van der Waals surface area contributed by atoms with Crippen molar-refractivity contribution >= 4 is 11.0 Å². The van der Waals surface area contributed by atoms with Gasteiger partial charge in [0.05, 0.1) is 37.4 Å². The predicted molar refractivity (Wildman–Crippen MR) is 118 cm³/mol. The van der Waals surface area contributed by atoms with Crippen LogP contribution in [0.15, 0.2) is 36.7 Å². The Hall–Kier alpha value is -2.22. The molecule has 1 fully saturated rings. The van der Waals surface area contributed by atoms with Crippen LogP contribution in [0.25, 0.3) is 11.0 Å². The smallest absolute Gasteiger partial charge is 0.123 e. The Morgan fingerprint density at radius 2 is 1.87 bits per heavy atom. The number of fused-ring (bicyclic) bond motifs is 1. The van der Waals surface area contributed by atoms with Gasteiger partial charge in [-0.15, -0.1) is 0 Å². The number of benzene rings is 1. The van der Waals surface area contributed by atoms with Crippen molar-refractivity contribution in [3.8, 4) is 0 Å². The van der Waals surface area contributed by atoms with Crippen LogP contribution in [0.4, 0.5) is 0 Å². The van der Waals surface area contributed by atoms with Crippen LogP contribution >= 0.6 is 0 Å². The van der Waals surface area contributed by atoms with E-state index >= 15 is 0 Å². The molecule has 3 heterocycles. The van der Waals surface area contributed by atoms with E-state index in [1.807, 2.05) is 13.1 Å². The third-order valence-corrected chi connectivity index (χ3v) is 6.00. The number of hydrogen-bond acceptors (Lipinski definition) is 5. The van der Waals surface area contributed by atoms with E-state index in [0.29, 0.717) is 25.7 Å². The summed E-state index contributed by atoms with van der Waals surface area (Å²) in [6.45, 7) is 8.66. The number of ether oxygens (including phenoxy) is 2. The summed E-state index contributed by atoms with van der Waals surface area (Å²) in [5, 5.41) is 0. The molecule has 1 aliphatic heterocycles. The Bertz CT molecular complexity index is 927. The molecule has 0 spiro atoms. The number of hydrogen-bond donors (Lipinski definition) is 0. The summed E-state index contributed by atoms with van der Waals surface area (Å²) in [6.07, 6.45) is 6.26. The lowest BCUT2D eigenvalue weighted by molar-refractivity contribution is 0.0493. The highest BCUT2D eigenvalue weighted by Crippen LogP contribution is 2.28. The first kappa shape index (κ1) is 21.0. The second-order valence-corrected chi connectivity index (χ2v) is 7.91. The summed E-state index contributed by atoms with van der Waals surface area (Å²) in [7, 11) is 2.12. The van der Waals surface area contributed by atoms with Crippen LogP contribution in [0.3, 0.4) is 0 Å². The molecule has 0 aliphatic carbocycles. The molecule has 7 nitrogen and oxygen atoms in total. The molecule has 2 aromatic heterocycles. The normalized spacial score (nSPS) is 15.9. The van der Waals surface area contributed by atoms with E-state index in [2.05, 4.69) is 56.5 Å². The van der Waals surface area contributed by atoms with Gasteiger partial charge in [0, 0.05) is 38.5 Å². The number of rotatable bonds is 10. The molecule has 0 radical (unpaired) electrons. The Morgan fingerprint density at radius 3 is 2.67 bits per heavy atom. The van der Waals surface area contributed by atoms with Gasteiger partial charge in [0.15, 0.2) is 0 Å². The Labute approximate surface area is 178 Å². The molecule has 0 amide bonds. The summed E-state index contributed by atoms with van der Waals surface area (Å²) in [6, 6.07) is 8.35. The lowest BCUT2D eigenvalue weighted by atomic mass is 9.96. The molecule has 7 heteroatoms. The molecule has 1 aromatic carbocycles. The lowest BCUT2D eigenvalue weighted by Gasteiger charge is -2.31. The van der Waals surface area contributed by atoms with Gasteiger partial charge < -0.3 is 18.6 Å². The van der Waals surface area contributed by atoms with Gasteiger partial charge in [-0.25, -0.2) is 9.97 Å². The molecule has 3 aromatic rings. The Kier molecular flexibility index (Phi) is 7.15. The minimum absolute atomic E-state index is 0.514. The monoisotopic (exact) mass is 411 g/mol. The topological polar surface area (TPSA) is 57.3 Å². The molecule has 0 saturated carbocycles. The highest BCUT2D eigenvalue weighted by Gasteiger charge is 2.24. The lowest BCUT2D eigenvalue weighted by Crippen LogP contribution is -2.34. The molecular weight excluding hydrogens is 378 g/mol. The number of nitrogens with zero attached hydrogens (tertiary/aromatic N) is 5. The average Bonchev–Trinajstić information content (AvgIpc) is 3.36. The molecular formula is C23H33N5O2. The molecule has 1 aliphatic rings. The van der Waals surface area contributed by atoms with Crippen molar-refractivity contribution in [3.05, 3.63) is 48.3 Å². The number of para-hydroxylation sites is 2. The molecule has 4 rings (SSSR count). The fraction of sp³-hybridized carbons (Fsp3) is 0.565. The zero-order valence-electron chi connectivity index (χ0n) is 18.2. The maximum Gasteiger partial charge on any atom is 0.123 e. The first-order valence-electron chi connectivity index (χ1n) is 11.1. The highest BCUT2D eigenvalue weighted by atomic mass is 16.5. The van der Waals surface area contributed by atoms with Crippen LogP contribution in [0.5, 0.6) is 0 Å². The first-order chi connectivity index (χ1) is 14.8. The second-order valence-electron chi connectivity index (χ2n) is 7.91. The SMILES string of the molecule is CCOCCOCCn1ccnc1C1CCN(Cc2nc3ccccc3n2C)CC1. The molecule has 162 valence electrons. The average molecular weight is 412 g/mol. The minimum Gasteiger partial charge on any atom is -0.379 e. The van der Waals surface area contributed by atoms with Gasteiger partial charge in [-0.1, -0.05) is 12.1 Å². The Morgan fingerprint density at radius 1 is 1.07 bits per heavy atom. The van der Waals surface area contributed by atoms with Crippen LogP contribution in [-0.4, -0.2) is 63.5 Å². The summed E-state index contributed by atoms with van der Waals surface area (Å²) < 4.78 is 15.5. The van der Waals surface area contributed by atoms with Gasteiger partial charge in [-0.3, -0.25) is 4.90 Å². The van der Waals surface area contributed by atoms with Gasteiger partial charge in [-0.05, 0) is 45.0 Å². The summed E-state index contributed by atoms with van der Waals surface area (Å²) in [5.41, 5.74) is 2.28. The predicted octanol–water partition coefficient (Wildman–Crippen LogP) is 3.20. The standard InChI is InChI=1S/C23H33N5O2/c1-3-29-16-17-30-15-14-28-13-10-24-23(28)19-8-11-27(12-9-19)18-22-25-20-6-4-5-7-21(20)26(22)2/h4-7,10,13,19H,3,8-9,11-12,14-18H2,1-2H3. The van der Waals surface area contributed by atoms with Crippen molar-refractivity contribution in [2.45, 2.75) is 38.8 Å². The first-order valence-corrected chi connectivity index (χ1v) is 11.1. The van der Waals surface area contributed by atoms with Gasteiger partial charge in [0.25, 0.3) is 0 Å². The number of aryl methyl sites for hydroxylation is 1. The van der Waals surface area contributed by atoms with Gasteiger partial charge in [-0.2, -0.15) is 0 Å². The number of aromatic nitrogens is 4. The van der Waals surface area contributed by atoms with Gasteiger partial charge in [0.2, 0.25) is 0 Å². The van der Waals surface area contributed by atoms with E-state index in [1.165, 1.54) is 11.3 Å². The zero-order valence-corrected chi connectivity index (χ0v) is 18.2. The van der Waals surface area contributed by atoms with E-state index in [1.54, 1.807) is 0 Å². The molecule has 0 bridgehead atoms. The van der Waals surface area contributed by atoms with Gasteiger partial charge in [0.1, 0.15) is 11.6 Å². The maximum absolute atomic E-state index is 5.68. The fourth-order valence-corrected chi connectivity index (χ4v) is 4.28. The third kappa shape index (κ3) is 4.91. The van der Waals surface area contributed by atoms with E-state index in [9.17, 15) is 0 Å².